The number of carbonyl (C=O) groups excluding carboxylic acids is 2. The van der Waals surface area contributed by atoms with Gasteiger partial charge in [-0.2, -0.15) is 0 Å². The van der Waals surface area contributed by atoms with Crippen molar-refractivity contribution < 1.29 is 24.2 Å². The Bertz CT molecular complexity index is 866. The lowest BCUT2D eigenvalue weighted by molar-refractivity contribution is -0.128. The predicted octanol–water partition coefficient (Wildman–Crippen LogP) is 2.38. The van der Waals surface area contributed by atoms with Gasteiger partial charge in [0.25, 0.3) is 0 Å². The number of nitrogens with one attached hydrogen (secondary N) is 1. The highest BCUT2D eigenvalue weighted by Gasteiger charge is 2.34. The van der Waals surface area contributed by atoms with Gasteiger partial charge in [-0.1, -0.05) is 30.3 Å². The first-order valence-corrected chi connectivity index (χ1v) is 8.52. The first kappa shape index (κ1) is 18.4. The fourth-order valence-corrected chi connectivity index (χ4v) is 3.08. The summed E-state index contributed by atoms with van der Waals surface area (Å²) in [6.07, 6.45) is 0.108. The molecule has 1 aliphatic heterocycles. The Morgan fingerprint density at radius 3 is 2.63 bits per heavy atom. The number of benzene rings is 2. The Morgan fingerprint density at radius 1 is 1.22 bits per heavy atom. The molecule has 3 rings (SSSR count). The fourth-order valence-electron chi connectivity index (χ4n) is 3.08. The number of likely N-dealkylation sites (tertiary alicyclic amines) is 1. The van der Waals surface area contributed by atoms with E-state index >= 15 is 0 Å². The normalized spacial score (nSPS) is 16.3. The van der Waals surface area contributed by atoms with Gasteiger partial charge in [0.15, 0.2) is 0 Å². The molecule has 1 heterocycles. The topological polar surface area (TPSA) is 95.9 Å². The minimum absolute atomic E-state index is 0.0619. The third kappa shape index (κ3) is 4.25. The van der Waals surface area contributed by atoms with Gasteiger partial charge in [-0.05, 0) is 23.8 Å². The van der Waals surface area contributed by atoms with E-state index in [1.54, 1.807) is 11.0 Å². The largest absolute Gasteiger partial charge is 0.497 e. The molecule has 27 heavy (non-hydrogen) atoms. The molecule has 2 N–H and O–H groups in total. The number of carboxylic acid groups (broad SMARTS) is 1. The Kier molecular flexibility index (Phi) is 5.40. The highest BCUT2D eigenvalue weighted by atomic mass is 16.5. The van der Waals surface area contributed by atoms with Crippen LogP contribution in [0.5, 0.6) is 5.75 Å². The molecule has 0 spiro atoms. The molecule has 0 bridgehead atoms. The number of hydrogen-bond acceptors (Lipinski definition) is 4. The second kappa shape index (κ2) is 7.90. The summed E-state index contributed by atoms with van der Waals surface area (Å²) in [6.45, 7) is 0.754. The van der Waals surface area contributed by atoms with Gasteiger partial charge in [-0.25, -0.2) is 4.79 Å². The number of rotatable bonds is 6. The molecule has 0 radical (unpaired) electrons. The summed E-state index contributed by atoms with van der Waals surface area (Å²) in [4.78, 5) is 37.9. The second-order valence-corrected chi connectivity index (χ2v) is 6.37. The Hall–Kier alpha value is -3.35. The lowest BCUT2D eigenvalue weighted by Gasteiger charge is -2.17. The van der Waals surface area contributed by atoms with Crippen LogP contribution in [-0.2, 0) is 16.1 Å². The minimum atomic E-state index is -1.17. The smallest absolute Gasteiger partial charge is 0.337 e. The van der Waals surface area contributed by atoms with E-state index in [0.717, 1.165) is 5.56 Å². The van der Waals surface area contributed by atoms with Crippen molar-refractivity contribution in [2.24, 2.45) is 5.92 Å². The monoisotopic (exact) mass is 368 g/mol. The van der Waals surface area contributed by atoms with Gasteiger partial charge in [0.1, 0.15) is 5.75 Å². The third-order valence-electron chi connectivity index (χ3n) is 4.52. The number of anilines is 1. The summed E-state index contributed by atoms with van der Waals surface area (Å²) in [6, 6.07) is 14.0. The zero-order valence-electron chi connectivity index (χ0n) is 14.8. The molecule has 2 aromatic carbocycles. The molecule has 2 aromatic rings. The van der Waals surface area contributed by atoms with E-state index in [9.17, 15) is 19.5 Å². The molecular weight excluding hydrogens is 348 g/mol. The van der Waals surface area contributed by atoms with Gasteiger partial charge in [-0.15, -0.1) is 0 Å². The number of nitrogens with zero attached hydrogens (tertiary/aromatic N) is 1. The third-order valence-corrected chi connectivity index (χ3v) is 4.52. The molecular formula is C20H20N2O5. The number of hydrogen-bond donors (Lipinski definition) is 2. The number of carbonyl (C=O) groups is 3. The fraction of sp³-hybridized carbons (Fsp3) is 0.250. The quantitative estimate of drug-likeness (QED) is 0.816. The van der Waals surface area contributed by atoms with E-state index in [1.165, 1.54) is 19.2 Å². The van der Waals surface area contributed by atoms with Gasteiger partial charge in [0.2, 0.25) is 11.8 Å². The highest BCUT2D eigenvalue weighted by molar-refractivity contribution is 6.03. The molecule has 7 heteroatoms. The lowest BCUT2D eigenvalue weighted by atomic mass is 10.1. The molecule has 1 unspecified atom stereocenters. The van der Waals surface area contributed by atoms with E-state index in [4.69, 9.17) is 4.74 Å². The summed E-state index contributed by atoms with van der Waals surface area (Å²) in [5, 5.41) is 12.0. The van der Waals surface area contributed by atoms with Crippen LogP contribution in [0, 0.1) is 5.92 Å². The van der Waals surface area contributed by atoms with E-state index < -0.39 is 11.9 Å². The van der Waals surface area contributed by atoms with Crippen molar-refractivity contribution in [3.05, 3.63) is 59.7 Å². The van der Waals surface area contributed by atoms with Gasteiger partial charge in [0.05, 0.1) is 24.3 Å². The maximum absolute atomic E-state index is 12.6. The maximum atomic E-state index is 12.6. The van der Waals surface area contributed by atoms with Crippen molar-refractivity contribution >= 4 is 23.5 Å². The van der Waals surface area contributed by atoms with Crippen LogP contribution in [0.4, 0.5) is 5.69 Å². The summed E-state index contributed by atoms with van der Waals surface area (Å²) in [5.41, 5.74) is 1.12. The van der Waals surface area contributed by atoms with Crippen molar-refractivity contribution in [1.29, 1.82) is 0 Å². The molecule has 1 atom stereocenters. The molecule has 7 nitrogen and oxygen atoms in total. The average Bonchev–Trinajstić information content (AvgIpc) is 3.03. The standard InChI is InChI=1S/C20H20N2O5/c1-27-15-7-8-17(16(10-15)20(25)26)21-19(24)14-9-18(23)22(12-14)11-13-5-3-2-4-6-13/h2-8,10,14H,9,11-12H2,1H3,(H,21,24)(H,25,26). The summed E-state index contributed by atoms with van der Waals surface area (Å²) < 4.78 is 5.02. The molecule has 0 aliphatic carbocycles. The van der Waals surface area contributed by atoms with Crippen LogP contribution < -0.4 is 10.1 Å². The van der Waals surface area contributed by atoms with E-state index in [0.29, 0.717) is 18.8 Å². The van der Waals surface area contributed by atoms with Gasteiger partial charge >= 0.3 is 5.97 Å². The average molecular weight is 368 g/mol. The number of aromatic carboxylic acids is 1. The molecule has 0 saturated carbocycles. The van der Waals surface area contributed by atoms with Crippen molar-refractivity contribution in [3.63, 3.8) is 0 Å². The van der Waals surface area contributed by atoms with Crippen LogP contribution in [0.15, 0.2) is 48.5 Å². The second-order valence-electron chi connectivity index (χ2n) is 6.37. The van der Waals surface area contributed by atoms with E-state index in [2.05, 4.69) is 5.32 Å². The van der Waals surface area contributed by atoms with E-state index in [-0.39, 0.29) is 29.5 Å². The number of amides is 2. The summed E-state index contributed by atoms with van der Waals surface area (Å²) in [5.74, 6) is -1.77. The van der Waals surface area contributed by atoms with Crippen LogP contribution >= 0.6 is 0 Å². The first-order chi connectivity index (χ1) is 13.0. The highest BCUT2D eigenvalue weighted by Crippen LogP contribution is 2.25. The Morgan fingerprint density at radius 2 is 1.96 bits per heavy atom. The van der Waals surface area contributed by atoms with Crippen molar-refractivity contribution in [1.82, 2.24) is 4.90 Å². The van der Waals surface area contributed by atoms with E-state index in [1.807, 2.05) is 30.3 Å². The van der Waals surface area contributed by atoms with Gasteiger partial charge in [0, 0.05) is 19.5 Å². The first-order valence-electron chi connectivity index (χ1n) is 8.52. The SMILES string of the molecule is COc1ccc(NC(=O)C2CC(=O)N(Cc3ccccc3)C2)c(C(=O)O)c1. The van der Waals surface area contributed by atoms with Crippen molar-refractivity contribution in [2.45, 2.75) is 13.0 Å². The zero-order chi connectivity index (χ0) is 19.4. The number of methoxy groups -OCH3 is 1. The van der Waals surface area contributed by atoms with Gasteiger partial charge < -0.3 is 20.1 Å². The number of ether oxygens (including phenoxy) is 1. The lowest BCUT2D eigenvalue weighted by Crippen LogP contribution is -2.28. The van der Waals surface area contributed by atoms with Crippen LogP contribution in [0.25, 0.3) is 0 Å². The van der Waals surface area contributed by atoms with Crippen molar-refractivity contribution in [3.8, 4) is 5.75 Å². The van der Waals surface area contributed by atoms with Crippen LogP contribution in [0.3, 0.4) is 0 Å². The summed E-state index contributed by atoms with van der Waals surface area (Å²) >= 11 is 0. The summed E-state index contributed by atoms with van der Waals surface area (Å²) in [7, 11) is 1.44. The molecule has 1 saturated heterocycles. The zero-order valence-corrected chi connectivity index (χ0v) is 14.8. The van der Waals surface area contributed by atoms with Crippen molar-refractivity contribution in [2.75, 3.05) is 19.0 Å². The predicted molar refractivity (Wildman–Crippen MR) is 98.5 cm³/mol. The Balaban J connectivity index is 1.69. The van der Waals surface area contributed by atoms with Gasteiger partial charge in [-0.3, -0.25) is 9.59 Å². The molecule has 140 valence electrons. The minimum Gasteiger partial charge on any atom is -0.497 e. The van der Waals surface area contributed by atoms with Crippen LogP contribution in [-0.4, -0.2) is 41.4 Å². The molecule has 1 aliphatic rings. The maximum Gasteiger partial charge on any atom is 0.337 e. The molecule has 0 aromatic heterocycles. The van der Waals surface area contributed by atoms with Crippen LogP contribution in [0.2, 0.25) is 0 Å². The Labute approximate surface area is 156 Å². The molecule has 2 amide bonds. The number of carboxylic acids is 1. The molecule has 1 fully saturated rings. The van der Waals surface area contributed by atoms with Crippen LogP contribution in [0.1, 0.15) is 22.3 Å².